The largest absolute Gasteiger partial charge is 0.374 e. The Kier molecular flexibility index (Phi) is 8.73. The first-order valence-corrected chi connectivity index (χ1v) is 5.85. The molecule has 0 amide bonds. The molecule has 1 saturated heterocycles. The minimum absolute atomic E-state index is 0. The number of morpholine rings is 1. The monoisotopic (exact) mass is 303 g/mol. The molecule has 1 aromatic carbocycles. The molecule has 1 fully saturated rings. The summed E-state index contributed by atoms with van der Waals surface area (Å²) in [7, 11) is 0. The topological polar surface area (TPSA) is 62.3 Å². The van der Waals surface area contributed by atoms with E-state index in [0.717, 1.165) is 26.2 Å². The molecule has 6 heteroatoms. The molecular formula is C13H19Cl2N3O. The number of rotatable bonds is 3. The molecule has 2 N–H and O–H groups in total. The fourth-order valence-electron chi connectivity index (χ4n) is 2.01. The van der Waals surface area contributed by atoms with E-state index in [1.807, 2.05) is 24.3 Å². The van der Waals surface area contributed by atoms with Gasteiger partial charge in [0, 0.05) is 26.2 Å². The third kappa shape index (κ3) is 5.35. The van der Waals surface area contributed by atoms with Crippen LogP contribution in [0, 0.1) is 11.3 Å². The molecule has 1 aliphatic rings. The molecule has 2 rings (SSSR count). The van der Waals surface area contributed by atoms with Crippen molar-refractivity contribution in [2.45, 2.75) is 12.6 Å². The standard InChI is InChI=1S/C13H17N3O.2ClH/c14-7-11-1-3-12(4-2-11)9-16-5-6-17-13(8-15)10-16;;/h1-4,13H,5-6,8-10,15H2;2*1H. The Labute approximate surface area is 126 Å². The van der Waals surface area contributed by atoms with Crippen LogP contribution in [0.2, 0.25) is 0 Å². The Bertz CT molecular complexity index is 405. The number of ether oxygens (including phenoxy) is 1. The van der Waals surface area contributed by atoms with Crippen LogP contribution in [0.4, 0.5) is 0 Å². The highest BCUT2D eigenvalue weighted by molar-refractivity contribution is 5.85. The van der Waals surface area contributed by atoms with E-state index in [2.05, 4.69) is 11.0 Å². The zero-order valence-electron chi connectivity index (χ0n) is 10.6. The quantitative estimate of drug-likeness (QED) is 0.920. The number of halogens is 2. The van der Waals surface area contributed by atoms with Gasteiger partial charge < -0.3 is 10.5 Å². The molecule has 1 atom stereocenters. The number of nitriles is 1. The summed E-state index contributed by atoms with van der Waals surface area (Å²) in [5.74, 6) is 0. The van der Waals surface area contributed by atoms with Crippen LogP contribution < -0.4 is 5.73 Å². The Balaban J connectivity index is 0.00000162. The van der Waals surface area contributed by atoms with Gasteiger partial charge >= 0.3 is 0 Å². The first-order chi connectivity index (χ1) is 8.31. The molecule has 4 nitrogen and oxygen atoms in total. The first-order valence-electron chi connectivity index (χ1n) is 5.85. The lowest BCUT2D eigenvalue weighted by molar-refractivity contribution is -0.0260. The normalized spacial score (nSPS) is 18.8. The van der Waals surface area contributed by atoms with Crippen LogP contribution in [-0.4, -0.2) is 37.2 Å². The molecule has 0 aliphatic carbocycles. The highest BCUT2D eigenvalue weighted by atomic mass is 35.5. The summed E-state index contributed by atoms with van der Waals surface area (Å²) in [5.41, 5.74) is 7.54. The average molecular weight is 304 g/mol. The second-order valence-electron chi connectivity index (χ2n) is 4.27. The summed E-state index contributed by atoms with van der Waals surface area (Å²) in [6.07, 6.45) is 0.155. The molecule has 0 aromatic heterocycles. The Morgan fingerprint density at radius 1 is 1.32 bits per heavy atom. The van der Waals surface area contributed by atoms with Gasteiger partial charge in [-0.05, 0) is 17.7 Å². The Morgan fingerprint density at radius 3 is 2.58 bits per heavy atom. The van der Waals surface area contributed by atoms with Gasteiger partial charge in [-0.25, -0.2) is 0 Å². The number of hydrogen-bond donors (Lipinski definition) is 1. The second kappa shape index (κ2) is 9.13. The number of benzene rings is 1. The van der Waals surface area contributed by atoms with Crippen molar-refractivity contribution in [1.29, 1.82) is 5.26 Å². The van der Waals surface area contributed by atoms with Crippen molar-refractivity contribution in [3.8, 4) is 6.07 Å². The van der Waals surface area contributed by atoms with E-state index < -0.39 is 0 Å². The van der Waals surface area contributed by atoms with Gasteiger partial charge in [0.25, 0.3) is 0 Å². The van der Waals surface area contributed by atoms with Crippen LogP contribution >= 0.6 is 24.8 Å². The fraction of sp³-hybridized carbons (Fsp3) is 0.462. The van der Waals surface area contributed by atoms with E-state index in [1.54, 1.807) is 0 Å². The van der Waals surface area contributed by atoms with Gasteiger partial charge in [0.2, 0.25) is 0 Å². The van der Waals surface area contributed by atoms with E-state index in [4.69, 9.17) is 15.7 Å². The van der Waals surface area contributed by atoms with Crippen LogP contribution in [-0.2, 0) is 11.3 Å². The van der Waals surface area contributed by atoms with E-state index in [1.165, 1.54) is 5.56 Å². The van der Waals surface area contributed by atoms with Crippen molar-refractivity contribution in [3.05, 3.63) is 35.4 Å². The maximum absolute atomic E-state index is 8.73. The smallest absolute Gasteiger partial charge is 0.0991 e. The molecule has 0 bridgehead atoms. The van der Waals surface area contributed by atoms with Crippen LogP contribution in [0.5, 0.6) is 0 Å². The van der Waals surface area contributed by atoms with E-state index >= 15 is 0 Å². The van der Waals surface area contributed by atoms with Crippen molar-refractivity contribution in [3.63, 3.8) is 0 Å². The highest BCUT2D eigenvalue weighted by Gasteiger charge is 2.18. The predicted molar refractivity (Wildman–Crippen MR) is 79.7 cm³/mol. The minimum Gasteiger partial charge on any atom is -0.374 e. The lowest BCUT2D eigenvalue weighted by atomic mass is 10.1. The molecule has 19 heavy (non-hydrogen) atoms. The zero-order chi connectivity index (χ0) is 12.1. The van der Waals surface area contributed by atoms with E-state index in [0.29, 0.717) is 12.1 Å². The zero-order valence-corrected chi connectivity index (χ0v) is 12.3. The lowest BCUT2D eigenvalue weighted by Gasteiger charge is -2.32. The van der Waals surface area contributed by atoms with E-state index in [-0.39, 0.29) is 30.9 Å². The molecule has 1 unspecified atom stereocenters. The van der Waals surface area contributed by atoms with Gasteiger partial charge in [0.1, 0.15) is 0 Å². The fourth-order valence-corrected chi connectivity index (χ4v) is 2.01. The first kappa shape index (κ1) is 18.2. The average Bonchev–Trinajstić information content (AvgIpc) is 2.40. The van der Waals surface area contributed by atoms with Gasteiger partial charge in [-0.2, -0.15) is 5.26 Å². The maximum atomic E-state index is 8.73. The van der Waals surface area contributed by atoms with Gasteiger partial charge in [-0.15, -0.1) is 24.8 Å². The van der Waals surface area contributed by atoms with Crippen LogP contribution in [0.15, 0.2) is 24.3 Å². The molecule has 106 valence electrons. The Hall–Kier alpha value is -0.830. The maximum Gasteiger partial charge on any atom is 0.0991 e. The molecule has 1 aromatic rings. The molecule has 1 aliphatic heterocycles. The SMILES string of the molecule is Cl.Cl.N#Cc1ccc(CN2CCOC(CN)C2)cc1. The van der Waals surface area contributed by atoms with E-state index in [9.17, 15) is 0 Å². The van der Waals surface area contributed by atoms with Crippen molar-refractivity contribution < 1.29 is 4.74 Å². The van der Waals surface area contributed by atoms with Crippen molar-refractivity contribution in [2.75, 3.05) is 26.2 Å². The van der Waals surface area contributed by atoms with Gasteiger partial charge in [0.15, 0.2) is 0 Å². The number of hydrogen-bond acceptors (Lipinski definition) is 4. The summed E-state index contributed by atoms with van der Waals surface area (Å²) in [5, 5.41) is 8.73. The summed E-state index contributed by atoms with van der Waals surface area (Å²) >= 11 is 0. The third-order valence-corrected chi connectivity index (χ3v) is 2.98. The van der Waals surface area contributed by atoms with Gasteiger partial charge in [0.05, 0.1) is 24.3 Å². The van der Waals surface area contributed by atoms with Gasteiger partial charge in [-0.1, -0.05) is 12.1 Å². The Morgan fingerprint density at radius 2 is 2.00 bits per heavy atom. The molecule has 0 radical (unpaired) electrons. The van der Waals surface area contributed by atoms with Crippen LogP contribution in [0.25, 0.3) is 0 Å². The predicted octanol–water partition coefficient (Wildman–Crippen LogP) is 1.56. The third-order valence-electron chi connectivity index (χ3n) is 2.98. The van der Waals surface area contributed by atoms with Crippen molar-refractivity contribution in [2.24, 2.45) is 5.73 Å². The van der Waals surface area contributed by atoms with Gasteiger partial charge in [-0.3, -0.25) is 4.90 Å². The summed E-state index contributed by atoms with van der Waals surface area (Å²) < 4.78 is 5.52. The molecular weight excluding hydrogens is 285 g/mol. The van der Waals surface area contributed by atoms with Crippen molar-refractivity contribution in [1.82, 2.24) is 4.90 Å². The minimum atomic E-state index is 0. The van der Waals surface area contributed by atoms with Crippen LogP contribution in [0.3, 0.4) is 0 Å². The number of nitrogens with zero attached hydrogens (tertiary/aromatic N) is 2. The molecule has 0 spiro atoms. The summed E-state index contributed by atoms with van der Waals surface area (Å²) in [6.45, 7) is 4.04. The second-order valence-corrected chi connectivity index (χ2v) is 4.27. The van der Waals surface area contributed by atoms with Crippen LogP contribution in [0.1, 0.15) is 11.1 Å². The summed E-state index contributed by atoms with van der Waals surface area (Å²) in [4.78, 5) is 2.34. The molecule has 0 saturated carbocycles. The lowest BCUT2D eigenvalue weighted by Crippen LogP contribution is -2.45. The summed E-state index contributed by atoms with van der Waals surface area (Å²) in [6, 6.07) is 9.85. The highest BCUT2D eigenvalue weighted by Crippen LogP contribution is 2.10. The van der Waals surface area contributed by atoms with Crippen molar-refractivity contribution >= 4 is 24.8 Å². The molecule has 1 heterocycles. The number of nitrogens with two attached hydrogens (primary N) is 1.